The molecule has 3 aromatic rings. The van der Waals surface area contributed by atoms with Crippen molar-refractivity contribution >= 4 is 23.5 Å². The molecule has 5 heteroatoms. The molecular formula is C27H25NO4. The van der Waals surface area contributed by atoms with Gasteiger partial charge in [0.25, 0.3) is 11.8 Å². The number of hydrogen-bond donors (Lipinski definition) is 0. The molecule has 2 amide bonds. The summed E-state index contributed by atoms with van der Waals surface area (Å²) in [6, 6.07) is 21.3. The van der Waals surface area contributed by atoms with Gasteiger partial charge in [0.05, 0.1) is 12.3 Å². The number of amides is 2. The highest BCUT2D eigenvalue weighted by atomic mass is 16.5. The van der Waals surface area contributed by atoms with Crippen LogP contribution in [-0.4, -0.2) is 24.4 Å². The molecule has 0 saturated heterocycles. The Morgan fingerprint density at radius 1 is 0.812 bits per heavy atom. The molecular weight excluding hydrogens is 402 g/mol. The first-order chi connectivity index (χ1) is 15.4. The lowest BCUT2D eigenvalue weighted by atomic mass is 10.0. The van der Waals surface area contributed by atoms with Crippen LogP contribution in [0.2, 0.25) is 0 Å². The minimum absolute atomic E-state index is 0.104. The van der Waals surface area contributed by atoms with Gasteiger partial charge in [0.1, 0.15) is 0 Å². The van der Waals surface area contributed by atoms with Gasteiger partial charge >= 0.3 is 5.97 Å². The van der Waals surface area contributed by atoms with Crippen molar-refractivity contribution in [1.82, 2.24) is 0 Å². The van der Waals surface area contributed by atoms with Crippen LogP contribution in [-0.2, 0) is 16.0 Å². The number of nitrogens with zero attached hydrogens (tertiary/aromatic N) is 1. The van der Waals surface area contributed by atoms with Crippen molar-refractivity contribution in [2.45, 2.75) is 20.3 Å². The SMILES string of the molecule is C=CC(=O)OCCc1ccccc1N(C(=O)c1ccc(C)cc1)C(=O)c1ccc(C)cc1. The minimum Gasteiger partial charge on any atom is -0.462 e. The summed E-state index contributed by atoms with van der Waals surface area (Å²) in [6.45, 7) is 7.36. The van der Waals surface area contributed by atoms with E-state index in [1.165, 1.54) is 4.90 Å². The number of esters is 1. The van der Waals surface area contributed by atoms with Crippen molar-refractivity contribution in [3.05, 3.63) is 113 Å². The largest absolute Gasteiger partial charge is 0.462 e. The molecule has 0 heterocycles. The summed E-state index contributed by atoms with van der Waals surface area (Å²) >= 11 is 0. The van der Waals surface area contributed by atoms with E-state index in [4.69, 9.17) is 4.74 Å². The van der Waals surface area contributed by atoms with Gasteiger partial charge in [0, 0.05) is 23.6 Å². The second-order valence-corrected chi connectivity index (χ2v) is 7.43. The van der Waals surface area contributed by atoms with Crippen LogP contribution in [0.4, 0.5) is 5.69 Å². The number of rotatable bonds is 7. The molecule has 0 N–H and O–H groups in total. The number of carbonyl (C=O) groups excluding carboxylic acids is 3. The summed E-state index contributed by atoms with van der Waals surface area (Å²) in [4.78, 5) is 39.6. The van der Waals surface area contributed by atoms with Crippen LogP contribution in [0.25, 0.3) is 0 Å². The highest BCUT2D eigenvalue weighted by Crippen LogP contribution is 2.26. The monoisotopic (exact) mass is 427 g/mol. The number of aryl methyl sites for hydroxylation is 2. The number of para-hydroxylation sites is 1. The third-order valence-electron chi connectivity index (χ3n) is 5.02. The average Bonchev–Trinajstić information content (AvgIpc) is 2.80. The van der Waals surface area contributed by atoms with E-state index >= 15 is 0 Å². The molecule has 0 atom stereocenters. The first kappa shape index (κ1) is 22.7. The third kappa shape index (κ3) is 5.38. The van der Waals surface area contributed by atoms with E-state index in [0.717, 1.165) is 17.2 Å². The maximum Gasteiger partial charge on any atom is 0.330 e. The molecule has 0 spiro atoms. The molecule has 0 aromatic heterocycles. The summed E-state index contributed by atoms with van der Waals surface area (Å²) in [6.07, 6.45) is 1.44. The fraction of sp³-hybridized carbons (Fsp3) is 0.148. The summed E-state index contributed by atoms with van der Waals surface area (Å²) in [5, 5.41) is 0. The van der Waals surface area contributed by atoms with E-state index in [-0.39, 0.29) is 6.61 Å². The molecule has 162 valence electrons. The average molecular weight is 428 g/mol. The standard InChI is InChI=1S/C27H25NO4/c1-4-25(29)32-18-17-21-7-5-6-8-24(21)28(26(30)22-13-9-19(2)10-14-22)27(31)23-15-11-20(3)12-16-23/h4-16H,1,17-18H2,2-3H3. The Kier molecular flexibility index (Phi) is 7.34. The number of imide groups is 1. The van der Waals surface area contributed by atoms with Gasteiger partial charge < -0.3 is 4.74 Å². The van der Waals surface area contributed by atoms with Gasteiger partial charge in [-0.2, -0.15) is 0 Å². The van der Waals surface area contributed by atoms with Crippen LogP contribution in [0.5, 0.6) is 0 Å². The van der Waals surface area contributed by atoms with Gasteiger partial charge in [0.2, 0.25) is 0 Å². The smallest absolute Gasteiger partial charge is 0.330 e. The molecule has 3 aromatic carbocycles. The molecule has 5 nitrogen and oxygen atoms in total. The van der Waals surface area contributed by atoms with Crippen molar-refractivity contribution in [3.63, 3.8) is 0 Å². The van der Waals surface area contributed by atoms with E-state index in [0.29, 0.717) is 28.8 Å². The zero-order valence-electron chi connectivity index (χ0n) is 18.2. The summed E-state index contributed by atoms with van der Waals surface area (Å²) in [7, 11) is 0. The maximum atomic E-state index is 13.5. The van der Waals surface area contributed by atoms with Crippen LogP contribution in [0.3, 0.4) is 0 Å². The van der Waals surface area contributed by atoms with Crippen LogP contribution in [0.15, 0.2) is 85.5 Å². The predicted octanol–water partition coefficient (Wildman–Crippen LogP) is 5.06. The fourth-order valence-electron chi connectivity index (χ4n) is 3.22. The Bertz CT molecular complexity index is 1070. The fourth-order valence-corrected chi connectivity index (χ4v) is 3.22. The van der Waals surface area contributed by atoms with E-state index < -0.39 is 17.8 Å². The summed E-state index contributed by atoms with van der Waals surface area (Å²) in [5.74, 6) is -1.37. The molecule has 0 fully saturated rings. The zero-order valence-corrected chi connectivity index (χ0v) is 18.2. The first-order valence-corrected chi connectivity index (χ1v) is 10.3. The maximum absolute atomic E-state index is 13.5. The van der Waals surface area contributed by atoms with Gasteiger partial charge in [-0.3, -0.25) is 9.59 Å². The van der Waals surface area contributed by atoms with Crippen LogP contribution in [0.1, 0.15) is 37.4 Å². The van der Waals surface area contributed by atoms with Crippen LogP contribution >= 0.6 is 0 Å². The predicted molar refractivity (Wildman–Crippen MR) is 125 cm³/mol. The second kappa shape index (κ2) is 10.4. The Morgan fingerprint density at radius 3 is 1.81 bits per heavy atom. The number of benzene rings is 3. The van der Waals surface area contributed by atoms with E-state index in [1.54, 1.807) is 36.4 Å². The van der Waals surface area contributed by atoms with E-state index in [2.05, 4.69) is 6.58 Å². The second-order valence-electron chi connectivity index (χ2n) is 7.43. The van der Waals surface area contributed by atoms with Crippen LogP contribution < -0.4 is 4.90 Å². The van der Waals surface area contributed by atoms with Gasteiger partial charge in [0.15, 0.2) is 0 Å². The van der Waals surface area contributed by atoms with Gasteiger partial charge in [-0.15, -0.1) is 0 Å². The van der Waals surface area contributed by atoms with Gasteiger partial charge in [-0.25, -0.2) is 9.69 Å². The van der Waals surface area contributed by atoms with Crippen molar-refractivity contribution in [1.29, 1.82) is 0 Å². The number of carbonyl (C=O) groups is 3. The lowest BCUT2D eigenvalue weighted by Crippen LogP contribution is -2.38. The topological polar surface area (TPSA) is 63.7 Å². The zero-order chi connectivity index (χ0) is 23.1. The lowest BCUT2D eigenvalue weighted by molar-refractivity contribution is -0.137. The van der Waals surface area contributed by atoms with Crippen molar-refractivity contribution in [3.8, 4) is 0 Å². The Hall–Kier alpha value is -3.99. The van der Waals surface area contributed by atoms with Crippen molar-refractivity contribution in [2.24, 2.45) is 0 Å². The molecule has 0 bridgehead atoms. The Labute approximate surface area is 187 Å². The minimum atomic E-state index is -0.522. The summed E-state index contributed by atoms with van der Waals surface area (Å²) in [5.41, 5.74) is 4.02. The van der Waals surface area contributed by atoms with Gasteiger partial charge in [-0.05, 0) is 49.7 Å². The normalized spacial score (nSPS) is 10.3. The Balaban J connectivity index is 2.02. The van der Waals surface area contributed by atoms with Crippen molar-refractivity contribution in [2.75, 3.05) is 11.5 Å². The highest BCUT2D eigenvalue weighted by molar-refractivity contribution is 6.26. The Morgan fingerprint density at radius 2 is 1.31 bits per heavy atom. The molecule has 3 rings (SSSR count). The molecule has 0 aliphatic carbocycles. The van der Waals surface area contributed by atoms with Crippen molar-refractivity contribution < 1.29 is 19.1 Å². The van der Waals surface area contributed by atoms with E-state index in [1.807, 2.05) is 50.2 Å². The lowest BCUT2D eigenvalue weighted by Gasteiger charge is -2.24. The van der Waals surface area contributed by atoms with Gasteiger partial charge in [-0.1, -0.05) is 60.2 Å². The number of ether oxygens (including phenoxy) is 1. The number of hydrogen-bond acceptors (Lipinski definition) is 4. The number of anilines is 1. The summed E-state index contributed by atoms with van der Waals surface area (Å²) < 4.78 is 5.10. The first-order valence-electron chi connectivity index (χ1n) is 10.3. The molecule has 0 radical (unpaired) electrons. The van der Waals surface area contributed by atoms with E-state index in [9.17, 15) is 14.4 Å². The molecule has 0 unspecified atom stereocenters. The quantitative estimate of drug-likeness (QED) is 0.300. The van der Waals surface area contributed by atoms with Crippen LogP contribution in [0, 0.1) is 13.8 Å². The molecule has 0 aliphatic rings. The molecule has 32 heavy (non-hydrogen) atoms. The third-order valence-corrected chi connectivity index (χ3v) is 5.02. The highest BCUT2D eigenvalue weighted by Gasteiger charge is 2.27. The molecule has 0 saturated carbocycles. The molecule has 0 aliphatic heterocycles.